The highest BCUT2D eigenvalue weighted by Gasteiger charge is 2.15. The van der Waals surface area contributed by atoms with E-state index in [0.29, 0.717) is 11.4 Å². The fourth-order valence-electron chi connectivity index (χ4n) is 2.71. The summed E-state index contributed by atoms with van der Waals surface area (Å²) in [5, 5.41) is 6.72. The Hall–Kier alpha value is -2.37. The first-order chi connectivity index (χ1) is 10.6. The Morgan fingerprint density at radius 2 is 2.09 bits per heavy atom. The van der Waals surface area contributed by atoms with Gasteiger partial charge < -0.3 is 14.7 Å². The fourth-order valence-corrected chi connectivity index (χ4v) is 2.71. The zero-order valence-corrected chi connectivity index (χ0v) is 12.9. The van der Waals surface area contributed by atoms with Crippen LogP contribution in [-0.2, 0) is 11.2 Å². The van der Waals surface area contributed by atoms with Gasteiger partial charge in [0.1, 0.15) is 11.6 Å². The summed E-state index contributed by atoms with van der Waals surface area (Å²) in [4.78, 5) is 18.8. The number of anilines is 2. The maximum Gasteiger partial charge on any atom is 0.229 e. The summed E-state index contributed by atoms with van der Waals surface area (Å²) in [6.07, 6.45) is 4.41. The van der Waals surface area contributed by atoms with Gasteiger partial charge in [-0.25, -0.2) is 4.98 Å². The van der Waals surface area contributed by atoms with E-state index in [1.54, 1.807) is 6.20 Å². The molecule has 22 heavy (non-hydrogen) atoms. The van der Waals surface area contributed by atoms with Crippen molar-refractivity contribution in [3.63, 3.8) is 0 Å². The van der Waals surface area contributed by atoms with Crippen molar-refractivity contribution in [2.75, 3.05) is 23.3 Å². The van der Waals surface area contributed by atoms with Gasteiger partial charge in [-0.3, -0.25) is 4.79 Å². The van der Waals surface area contributed by atoms with Crippen LogP contribution in [0.25, 0.3) is 0 Å². The van der Waals surface area contributed by atoms with Crippen LogP contribution in [0.4, 0.5) is 11.5 Å². The number of amides is 1. The molecule has 0 aliphatic carbocycles. The highest BCUT2D eigenvalue weighted by atomic mass is 16.5. The number of rotatable bonds is 4. The van der Waals surface area contributed by atoms with E-state index in [2.05, 4.69) is 20.4 Å². The van der Waals surface area contributed by atoms with E-state index in [0.717, 1.165) is 30.2 Å². The minimum Gasteiger partial charge on any atom is -0.361 e. The summed E-state index contributed by atoms with van der Waals surface area (Å²) in [6, 6.07) is 3.85. The van der Waals surface area contributed by atoms with Gasteiger partial charge in [-0.15, -0.1) is 0 Å². The van der Waals surface area contributed by atoms with Gasteiger partial charge in [0, 0.05) is 18.7 Å². The monoisotopic (exact) mass is 300 g/mol. The predicted octanol–water partition coefficient (Wildman–Crippen LogP) is 2.47. The number of hydrogen-bond donors (Lipinski definition) is 1. The van der Waals surface area contributed by atoms with Crippen LogP contribution in [0.1, 0.15) is 29.9 Å². The molecule has 1 amide bonds. The quantitative estimate of drug-likeness (QED) is 0.939. The van der Waals surface area contributed by atoms with Crippen molar-refractivity contribution >= 4 is 17.4 Å². The Bertz CT molecular complexity index is 638. The lowest BCUT2D eigenvalue weighted by molar-refractivity contribution is -0.115. The third-order valence-electron chi connectivity index (χ3n) is 3.98. The van der Waals surface area contributed by atoms with Gasteiger partial charge >= 0.3 is 0 Å². The van der Waals surface area contributed by atoms with Crippen LogP contribution in [0.2, 0.25) is 0 Å². The van der Waals surface area contributed by atoms with Gasteiger partial charge in [-0.2, -0.15) is 0 Å². The summed E-state index contributed by atoms with van der Waals surface area (Å²) in [5.74, 6) is 1.57. The molecular formula is C16H20N4O2. The number of nitrogens with zero attached hydrogens (tertiary/aromatic N) is 3. The second kappa shape index (κ2) is 6.17. The number of aryl methyl sites for hydroxylation is 2. The molecule has 0 unspecified atom stereocenters. The van der Waals surface area contributed by atoms with E-state index < -0.39 is 0 Å². The van der Waals surface area contributed by atoms with Crippen molar-refractivity contribution in [3.05, 3.63) is 35.3 Å². The molecule has 0 bridgehead atoms. The summed E-state index contributed by atoms with van der Waals surface area (Å²) >= 11 is 0. The Labute approximate surface area is 129 Å². The molecule has 2 aromatic heterocycles. The maximum absolute atomic E-state index is 12.1. The highest BCUT2D eigenvalue weighted by molar-refractivity contribution is 5.92. The Kier molecular flexibility index (Phi) is 4.09. The molecule has 0 spiro atoms. The minimum absolute atomic E-state index is 0.0925. The molecule has 3 heterocycles. The smallest absolute Gasteiger partial charge is 0.229 e. The molecule has 1 aliphatic heterocycles. The van der Waals surface area contributed by atoms with Gasteiger partial charge in [0.05, 0.1) is 24.0 Å². The van der Waals surface area contributed by atoms with Crippen LogP contribution in [-0.4, -0.2) is 29.1 Å². The zero-order chi connectivity index (χ0) is 15.5. The van der Waals surface area contributed by atoms with E-state index in [1.807, 2.05) is 26.0 Å². The molecule has 0 atom stereocenters. The first-order valence-electron chi connectivity index (χ1n) is 7.56. The molecule has 116 valence electrons. The highest BCUT2D eigenvalue weighted by Crippen LogP contribution is 2.19. The van der Waals surface area contributed by atoms with Gasteiger partial charge in [0.15, 0.2) is 0 Å². The summed E-state index contributed by atoms with van der Waals surface area (Å²) in [6.45, 7) is 5.77. The largest absolute Gasteiger partial charge is 0.361 e. The lowest BCUT2D eigenvalue weighted by Crippen LogP contribution is -2.19. The zero-order valence-electron chi connectivity index (χ0n) is 12.9. The van der Waals surface area contributed by atoms with Crippen molar-refractivity contribution in [1.29, 1.82) is 0 Å². The lowest BCUT2D eigenvalue weighted by atomic mass is 10.1. The SMILES string of the molecule is Cc1noc(C)c1CC(=O)Nc1ccc(N2CCCC2)nc1. The van der Waals surface area contributed by atoms with Crippen LogP contribution in [0.3, 0.4) is 0 Å². The van der Waals surface area contributed by atoms with Crippen LogP contribution >= 0.6 is 0 Å². The summed E-state index contributed by atoms with van der Waals surface area (Å²) < 4.78 is 5.07. The van der Waals surface area contributed by atoms with E-state index in [1.165, 1.54) is 12.8 Å². The van der Waals surface area contributed by atoms with Crippen molar-refractivity contribution < 1.29 is 9.32 Å². The topological polar surface area (TPSA) is 71.3 Å². The predicted molar refractivity (Wildman–Crippen MR) is 84.0 cm³/mol. The Morgan fingerprint density at radius 1 is 1.32 bits per heavy atom. The molecule has 3 rings (SSSR count). The molecule has 0 aromatic carbocycles. The first-order valence-corrected chi connectivity index (χ1v) is 7.56. The second-order valence-corrected chi connectivity index (χ2v) is 5.63. The molecule has 1 fully saturated rings. The molecule has 1 aliphatic rings. The lowest BCUT2D eigenvalue weighted by Gasteiger charge is -2.16. The third kappa shape index (κ3) is 3.10. The van der Waals surface area contributed by atoms with Crippen LogP contribution in [0.5, 0.6) is 0 Å². The molecule has 0 radical (unpaired) electrons. The third-order valence-corrected chi connectivity index (χ3v) is 3.98. The first kappa shape index (κ1) is 14.6. The number of carbonyl (C=O) groups excluding carboxylic acids is 1. The number of carbonyl (C=O) groups is 1. The van der Waals surface area contributed by atoms with E-state index in [9.17, 15) is 4.79 Å². The van der Waals surface area contributed by atoms with Gasteiger partial charge in [-0.05, 0) is 38.8 Å². The van der Waals surface area contributed by atoms with Crippen molar-refractivity contribution in [2.45, 2.75) is 33.1 Å². The molecule has 2 aromatic rings. The van der Waals surface area contributed by atoms with Gasteiger partial charge in [0.25, 0.3) is 0 Å². The van der Waals surface area contributed by atoms with Crippen LogP contribution in [0.15, 0.2) is 22.9 Å². The second-order valence-electron chi connectivity index (χ2n) is 5.63. The Balaban J connectivity index is 1.61. The standard InChI is InChI=1S/C16H20N4O2/c1-11-14(12(2)22-19-11)9-16(21)18-13-5-6-15(17-10-13)20-7-3-4-8-20/h5-6,10H,3-4,7-9H2,1-2H3,(H,18,21). The number of nitrogens with one attached hydrogen (secondary N) is 1. The average Bonchev–Trinajstić information content (AvgIpc) is 3.14. The normalized spacial score (nSPS) is 14.4. The molecule has 6 nitrogen and oxygen atoms in total. The maximum atomic E-state index is 12.1. The molecule has 1 N–H and O–H groups in total. The average molecular weight is 300 g/mol. The van der Waals surface area contributed by atoms with E-state index >= 15 is 0 Å². The van der Waals surface area contributed by atoms with Crippen molar-refractivity contribution in [1.82, 2.24) is 10.1 Å². The molecule has 1 saturated heterocycles. The van der Waals surface area contributed by atoms with Crippen LogP contribution < -0.4 is 10.2 Å². The Morgan fingerprint density at radius 3 is 2.68 bits per heavy atom. The van der Waals surface area contributed by atoms with Gasteiger partial charge in [0.2, 0.25) is 5.91 Å². The molecule has 6 heteroatoms. The van der Waals surface area contributed by atoms with Crippen LogP contribution in [0, 0.1) is 13.8 Å². The summed E-state index contributed by atoms with van der Waals surface area (Å²) in [5.41, 5.74) is 2.31. The number of hydrogen-bond acceptors (Lipinski definition) is 5. The van der Waals surface area contributed by atoms with Gasteiger partial charge in [-0.1, -0.05) is 5.16 Å². The van der Waals surface area contributed by atoms with E-state index in [-0.39, 0.29) is 12.3 Å². The minimum atomic E-state index is -0.0925. The molecular weight excluding hydrogens is 280 g/mol. The number of aromatic nitrogens is 2. The number of pyridine rings is 1. The van der Waals surface area contributed by atoms with Crippen molar-refractivity contribution in [2.24, 2.45) is 0 Å². The fraction of sp³-hybridized carbons (Fsp3) is 0.438. The summed E-state index contributed by atoms with van der Waals surface area (Å²) in [7, 11) is 0. The van der Waals surface area contributed by atoms with E-state index in [4.69, 9.17) is 4.52 Å². The van der Waals surface area contributed by atoms with Crippen molar-refractivity contribution in [3.8, 4) is 0 Å². The molecule has 0 saturated carbocycles.